The number of rotatable bonds is 6. The van der Waals surface area contributed by atoms with Gasteiger partial charge in [-0.25, -0.2) is 11.7 Å². The van der Waals surface area contributed by atoms with Crippen LogP contribution in [0.5, 0.6) is 0 Å². The second kappa shape index (κ2) is 8.51. The molecule has 0 aliphatic heterocycles. The lowest BCUT2D eigenvalue weighted by atomic mass is 9.96. The zero-order valence-corrected chi connectivity index (χ0v) is 12.9. The molecule has 2 aromatic heterocycles. The Balaban J connectivity index is 2.54. The Morgan fingerprint density at radius 3 is 2.21 bits per heavy atom. The molecular weight excluding hydrogens is 308 g/mol. The van der Waals surface area contributed by atoms with Gasteiger partial charge in [0.2, 0.25) is 5.91 Å². The average Bonchev–Trinajstić information content (AvgIpc) is 2.65. The van der Waals surface area contributed by atoms with E-state index >= 15 is 0 Å². The molecule has 6 N–H and O–H groups in total. The molecule has 0 saturated heterocycles. The summed E-state index contributed by atoms with van der Waals surface area (Å²) in [5.41, 5.74) is 6.07. The van der Waals surface area contributed by atoms with Crippen LogP contribution < -0.4 is 22.5 Å². The van der Waals surface area contributed by atoms with Gasteiger partial charge in [-0.15, -0.1) is 0 Å². The van der Waals surface area contributed by atoms with E-state index in [0.717, 1.165) is 0 Å². The number of nitrogens with two attached hydrogens (primary N) is 2. The molecule has 0 spiro atoms. The summed E-state index contributed by atoms with van der Waals surface area (Å²) in [7, 11) is 0. The molecule has 0 atom stereocenters. The van der Waals surface area contributed by atoms with Gasteiger partial charge in [-0.1, -0.05) is 12.1 Å². The van der Waals surface area contributed by atoms with Crippen molar-refractivity contribution in [2.45, 2.75) is 12.8 Å². The Kier molecular flexibility index (Phi) is 6.12. The van der Waals surface area contributed by atoms with Crippen LogP contribution in [0.4, 0.5) is 0 Å². The number of carbonyl (C=O) groups is 2. The van der Waals surface area contributed by atoms with Crippen molar-refractivity contribution in [2.75, 3.05) is 0 Å². The SMILES string of the molecule is NNC(=O)CC(=C(Cc1ccccn1)C(=O)NN)c1ccccn1. The maximum atomic E-state index is 12.3. The fourth-order valence-electron chi connectivity index (χ4n) is 2.20. The smallest absolute Gasteiger partial charge is 0.261 e. The summed E-state index contributed by atoms with van der Waals surface area (Å²) < 4.78 is 0. The molecule has 0 radical (unpaired) electrons. The second-order valence-electron chi connectivity index (χ2n) is 4.89. The van der Waals surface area contributed by atoms with Gasteiger partial charge in [-0.2, -0.15) is 0 Å². The third-order valence-corrected chi connectivity index (χ3v) is 3.33. The molecular formula is C16H18N6O2. The highest BCUT2D eigenvalue weighted by molar-refractivity contribution is 6.04. The van der Waals surface area contributed by atoms with Gasteiger partial charge in [0.15, 0.2) is 0 Å². The van der Waals surface area contributed by atoms with Gasteiger partial charge < -0.3 is 0 Å². The first-order valence-corrected chi connectivity index (χ1v) is 7.19. The molecule has 0 unspecified atom stereocenters. The van der Waals surface area contributed by atoms with Crippen LogP contribution in [-0.4, -0.2) is 21.8 Å². The molecule has 0 aliphatic rings. The number of hydrogen-bond acceptors (Lipinski definition) is 6. The molecule has 2 heterocycles. The van der Waals surface area contributed by atoms with E-state index in [2.05, 4.69) is 20.8 Å². The Hall–Kier alpha value is -3.10. The summed E-state index contributed by atoms with van der Waals surface area (Å²) in [6.45, 7) is 0. The van der Waals surface area contributed by atoms with Crippen molar-refractivity contribution in [3.05, 3.63) is 65.8 Å². The van der Waals surface area contributed by atoms with Crippen molar-refractivity contribution in [1.82, 2.24) is 20.8 Å². The first-order valence-electron chi connectivity index (χ1n) is 7.19. The van der Waals surface area contributed by atoms with Gasteiger partial charge in [0.05, 0.1) is 12.1 Å². The van der Waals surface area contributed by atoms with Gasteiger partial charge in [0, 0.05) is 30.1 Å². The van der Waals surface area contributed by atoms with E-state index in [1.54, 1.807) is 42.7 Å². The van der Waals surface area contributed by atoms with Crippen molar-refractivity contribution in [2.24, 2.45) is 11.7 Å². The molecule has 2 aromatic rings. The molecule has 2 rings (SSSR count). The van der Waals surface area contributed by atoms with Crippen LogP contribution in [0.2, 0.25) is 0 Å². The number of pyridine rings is 2. The Morgan fingerprint density at radius 2 is 1.67 bits per heavy atom. The third-order valence-electron chi connectivity index (χ3n) is 3.33. The number of nitrogens with zero attached hydrogens (tertiary/aromatic N) is 2. The third kappa shape index (κ3) is 4.45. The predicted molar refractivity (Wildman–Crippen MR) is 88.4 cm³/mol. The van der Waals surface area contributed by atoms with Crippen molar-refractivity contribution >= 4 is 17.4 Å². The lowest BCUT2D eigenvalue weighted by molar-refractivity contribution is -0.120. The largest absolute Gasteiger partial charge is 0.294 e. The Morgan fingerprint density at radius 1 is 0.958 bits per heavy atom. The number of hydrogen-bond donors (Lipinski definition) is 4. The molecule has 2 amide bonds. The number of amides is 2. The monoisotopic (exact) mass is 326 g/mol. The average molecular weight is 326 g/mol. The minimum absolute atomic E-state index is 0.108. The Labute approximate surface area is 138 Å². The molecule has 0 aliphatic carbocycles. The van der Waals surface area contributed by atoms with Crippen molar-refractivity contribution in [1.29, 1.82) is 0 Å². The molecule has 0 aromatic carbocycles. The molecule has 24 heavy (non-hydrogen) atoms. The van der Waals surface area contributed by atoms with E-state index in [1.165, 1.54) is 0 Å². The summed E-state index contributed by atoms with van der Waals surface area (Å²) in [5.74, 6) is 9.53. The molecule has 8 nitrogen and oxygen atoms in total. The van der Waals surface area contributed by atoms with E-state index < -0.39 is 11.8 Å². The summed E-state index contributed by atoms with van der Waals surface area (Å²) >= 11 is 0. The van der Waals surface area contributed by atoms with Crippen molar-refractivity contribution in [3.8, 4) is 0 Å². The topological polar surface area (TPSA) is 136 Å². The van der Waals surface area contributed by atoms with Crippen LogP contribution in [0.15, 0.2) is 54.4 Å². The van der Waals surface area contributed by atoms with Crippen LogP contribution in [0.3, 0.4) is 0 Å². The molecule has 0 fully saturated rings. The molecule has 0 saturated carbocycles. The van der Waals surface area contributed by atoms with E-state index in [-0.39, 0.29) is 12.8 Å². The van der Waals surface area contributed by atoms with Gasteiger partial charge >= 0.3 is 0 Å². The maximum absolute atomic E-state index is 12.3. The highest BCUT2D eigenvalue weighted by atomic mass is 16.2. The van der Waals surface area contributed by atoms with Gasteiger partial charge in [0.25, 0.3) is 5.91 Å². The summed E-state index contributed by atoms with van der Waals surface area (Å²) in [6.07, 6.45) is 3.30. The fraction of sp³-hybridized carbons (Fsp3) is 0.125. The number of nitrogens with one attached hydrogen (secondary N) is 2. The summed E-state index contributed by atoms with van der Waals surface area (Å²) in [6, 6.07) is 10.6. The predicted octanol–water partition coefficient (Wildman–Crippen LogP) is -0.157. The second-order valence-corrected chi connectivity index (χ2v) is 4.89. The Bertz CT molecular complexity index is 731. The first kappa shape index (κ1) is 17.3. The van der Waals surface area contributed by atoms with Gasteiger partial charge in [0.1, 0.15) is 0 Å². The lowest BCUT2D eigenvalue weighted by Gasteiger charge is -2.14. The maximum Gasteiger partial charge on any atom is 0.261 e. The van der Waals surface area contributed by atoms with Crippen molar-refractivity contribution in [3.63, 3.8) is 0 Å². The van der Waals surface area contributed by atoms with E-state index in [1.807, 2.05) is 6.07 Å². The molecule has 8 heteroatoms. The standard InChI is InChI=1S/C16H18N6O2/c17-21-15(23)10-12(14-6-2-4-8-20-14)13(16(24)22-18)9-11-5-1-3-7-19-11/h1-8H,9-10,17-18H2,(H,21,23)(H,22,24). The van der Waals surface area contributed by atoms with Crippen LogP contribution in [0.1, 0.15) is 17.8 Å². The number of hydrazine groups is 2. The van der Waals surface area contributed by atoms with Crippen LogP contribution in [0.25, 0.3) is 5.57 Å². The zero-order valence-electron chi connectivity index (χ0n) is 12.9. The highest BCUT2D eigenvalue weighted by Crippen LogP contribution is 2.23. The van der Waals surface area contributed by atoms with Crippen LogP contribution in [0, 0.1) is 0 Å². The van der Waals surface area contributed by atoms with E-state index in [9.17, 15) is 9.59 Å². The van der Waals surface area contributed by atoms with Crippen LogP contribution >= 0.6 is 0 Å². The normalized spacial score (nSPS) is 11.4. The van der Waals surface area contributed by atoms with Crippen LogP contribution in [-0.2, 0) is 16.0 Å². The minimum atomic E-state index is -0.508. The quantitative estimate of drug-likeness (QED) is 0.252. The summed E-state index contributed by atoms with van der Waals surface area (Å²) in [4.78, 5) is 32.5. The summed E-state index contributed by atoms with van der Waals surface area (Å²) in [5, 5.41) is 0. The van der Waals surface area contributed by atoms with Gasteiger partial charge in [-0.3, -0.25) is 30.4 Å². The first-order chi connectivity index (χ1) is 11.7. The lowest BCUT2D eigenvalue weighted by Crippen LogP contribution is -2.34. The van der Waals surface area contributed by atoms with Gasteiger partial charge in [-0.05, 0) is 29.8 Å². The number of carbonyl (C=O) groups excluding carboxylic acids is 2. The molecule has 124 valence electrons. The van der Waals surface area contributed by atoms with Crippen molar-refractivity contribution < 1.29 is 9.59 Å². The molecule has 0 bridgehead atoms. The van der Waals surface area contributed by atoms with E-state index in [4.69, 9.17) is 11.7 Å². The minimum Gasteiger partial charge on any atom is -0.294 e. The fourth-order valence-corrected chi connectivity index (χ4v) is 2.20. The zero-order chi connectivity index (χ0) is 17.4. The highest BCUT2D eigenvalue weighted by Gasteiger charge is 2.20. The van der Waals surface area contributed by atoms with E-state index in [0.29, 0.717) is 22.5 Å². The number of aromatic nitrogens is 2.